The SMILES string of the molecule is [CH+]=CCCCCCCC=C. The highest BCUT2D eigenvalue weighted by atomic mass is 13.9. The first-order chi connectivity index (χ1) is 4.91. The van der Waals surface area contributed by atoms with E-state index in [1.54, 1.807) is 6.08 Å². The molecule has 56 valence electrons. The van der Waals surface area contributed by atoms with Crippen LogP contribution >= 0.6 is 0 Å². The number of allylic oxidation sites excluding steroid dienone is 2. The van der Waals surface area contributed by atoms with E-state index in [0.29, 0.717) is 0 Å². The fourth-order valence-electron chi connectivity index (χ4n) is 0.904. The molecule has 0 aromatic heterocycles. The molecule has 0 radical (unpaired) electrons. The maximum Gasteiger partial charge on any atom is 0.201 e. The zero-order chi connectivity index (χ0) is 7.66. The molecular formula is C10H17+. The molecule has 0 aromatic rings. The zero-order valence-electron chi connectivity index (χ0n) is 6.68. The minimum Gasteiger partial charge on any atom is -0.103 e. The van der Waals surface area contributed by atoms with Gasteiger partial charge in [0.2, 0.25) is 6.58 Å². The summed E-state index contributed by atoms with van der Waals surface area (Å²) in [5.74, 6) is 0. The third-order valence-corrected chi connectivity index (χ3v) is 1.53. The lowest BCUT2D eigenvalue weighted by atomic mass is 10.1. The lowest BCUT2D eigenvalue weighted by Crippen LogP contribution is -1.75. The van der Waals surface area contributed by atoms with Gasteiger partial charge in [0, 0.05) is 6.42 Å². The summed E-state index contributed by atoms with van der Waals surface area (Å²) in [5.41, 5.74) is 0. The second kappa shape index (κ2) is 8.39. The quantitative estimate of drug-likeness (QED) is 0.286. The second-order valence-corrected chi connectivity index (χ2v) is 2.52. The third-order valence-electron chi connectivity index (χ3n) is 1.53. The normalized spacial score (nSPS) is 9.10. The van der Waals surface area contributed by atoms with Crippen LogP contribution in [0.15, 0.2) is 18.7 Å². The van der Waals surface area contributed by atoms with Gasteiger partial charge in [-0.25, -0.2) is 0 Å². The Morgan fingerprint density at radius 1 is 1.00 bits per heavy atom. The highest BCUT2D eigenvalue weighted by Crippen LogP contribution is 2.05. The molecule has 0 spiro atoms. The minimum absolute atomic E-state index is 1.06. The van der Waals surface area contributed by atoms with Crippen LogP contribution in [-0.4, -0.2) is 0 Å². The van der Waals surface area contributed by atoms with E-state index in [1.165, 1.54) is 25.7 Å². The molecule has 0 N–H and O–H groups in total. The number of hydrogen-bond acceptors (Lipinski definition) is 0. The van der Waals surface area contributed by atoms with Crippen LogP contribution in [0, 0.1) is 6.58 Å². The van der Waals surface area contributed by atoms with Gasteiger partial charge >= 0.3 is 0 Å². The van der Waals surface area contributed by atoms with Gasteiger partial charge in [-0.2, -0.15) is 0 Å². The van der Waals surface area contributed by atoms with E-state index in [9.17, 15) is 0 Å². The van der Waals surface area contributed by atoms with Gasteiger partial charge < -0.3 is 0 Å². The summed E-state index contributed by atoms with van der Waals surface area (Å²) in [6.07, 6.45) is 11.1. The maximum absolute atomic E-state index is 5.23. The molecule has 0 heteroatoms. The molecule has 0 bridgehead atoms. The number of unbranched alkanes of at least 4 members (excludes halogenated alkanes) is 5. The highest BCUT2D eigenvalue weighted by Gasteiger charge is 1.87. The Balaban J connectivity index is 2.76. The second-order valence-electron chi connectivity index (χ2n) is 2.52. The molecule has 0 aliphatic heterocycles. The summed E-state index contributed by atoms with van der Waals surface area (Å²) in [6, 6.07) is 0. The summed E-state index contributed by atoms with van der Waals surface area (Å²) in [4.78, 5) is 0. The topological polar surface area (TPSA) is 0 Å². The summed E-state index contributed by atoms with van der Waals surface area (Å²) in [7, 11) is 0. The molecule has 0 saturated heterocycles. The molecule has 10 heavy (non-hydrogen) atoms. The fourth-order valence-corrected chi connectivity index (χ4v) is 0.904. The van der Waals surface area contributed by atoms with Crippen molar-refractivity contribution in [2.45, 2.75) is 38.5 Å². The number of hydrogen-bond donors (Lipinski definition) is 0. The van der Waals surface area contributed by atoms with Crippen LogP contribution in [-0.2, 0) is 0 Å². The van der Waals surface area contributed by atoms with Gasteiger partial charge in [0.1, 0.15) is 0 Å². The average Bonchev–Trinajstić information content (AvgIpc) is 1.97. The minimum atomic E-state index is 1.06. The molecule has 0 rings (SSSR count). The molecule has 0 aromatic carbocycles. The van der Waals surface area contributed by atoms with Crippen molar-refractivity contribution < 1.29 is 0 Å². The van der Waals surface area contributed by atoms with Crippen LogP contribution in [0.5, 0.6) is 0 Å². The van der Waals surface area contributed by atoms with Crippen LogP contribution in [0.1, 0.15) is 38.5 Å². The van der Waals surface area contributed by atoms with Crippen LogP contribution in [0.25, 0.3) is 0 Å². The van der Waals surface area contributed by atoms with Crippen molar-refractivity contribution in [2.24, 2.45) is 0 Å². The van der Waals surface area contributed by atoms with Crippen molar-refractivity contribution in [3.8, 4) is 0 Å². The van der Waals surface area contributed by atoms with Gasteiger partial charge in [-0.15, -0.1) is 6.58 Å². The van der Waals surface area contributed by atoms with Crippen LogP contribution in [0.4, 0.5) is 0 Å². The fraction of sp³-hybridized carbons (Fsp3) is 0.600. The largest absolute Gasteiger partial charge is 0.201 e. The molecule has 0 saturated carbocycles. The van der Waals surface area contributed by atoms with Gasteiger partial charge in [0.05, 0.1) is 0 Å². The first-order valence-electron chi connectivity index (χ1n) is 4.06. The van der Waals surface area contributed by atoms with Gasteiger partial charge in [0.25, 0.3) is 0 Å². The standard InChI is InChI=1S/C10H17/c1-3-5-7-9-10-8-6-4-2/h1,3-4H,2,5-10H2/q+1. The smallest absolute Gasteiger partial charge is 0.103 e. The Bertz CT molecular complexity index is 70.0. The van der Waals surface area contributed by atoms with Crippen molar-refractivity contribution in [1.29, 1.82) is 0 Å². The van der Waals surface area contributed by atoms with Gasteiger partial charge in [-0.05, 0) is 19.3 Å². The molecule has 0 amide bonds. The van der Waals surface area contributed by atoms with E-state index in [4.69, 9.17) is 6.58 Å². The van der Waals surface area contributed by atoms with Gasteiger partial charge in [-0.3, -0.25) is 0 Å². The number of rotatable bonds is 7. The Kier molecular flexibility index (Phi) is 7.88. The van der Waals surface area contributed by atoms with Crippen molar-refractivity contribution in [3.05, 3.63) is 25.3 Å². The van der Waals surface area contributed by atoms with E-state index in [-0.39, 0.29) is 0 Å². The first kappa shape index (κ1) is 9.39. The van der Waals surface area contributed by atoms with Crippen LogP contribution in [0.2, 0.25) is 0 Å². The molecular weight excluding hydrogens is 120 g/mol. The molecule has 0 aliphatic carbocycles. The van der Waals surface area contributed by atoms with Crippen LogP contribution < -0.4 is 0 Å². The highest BCUT2D eigenvalue weighted by molar-refractivity contribution is 4.66. The Morgan fingerprint density at radius 3 is 2.10 bits per heavy atom. The average molecular weight is 137 g/mol. The first-order valence-corrected chi connectivity index (χ1v) is 4.06. The van der Waals surface area contributed by atoms with Crippen molar-refractivity contribution in [3.63, 3.8) is 0 Å². The van der Waals surface area contributed by atoms with Gasteiger partial charge in [-0.1, -0.05) is 18.9 Å². The van der Waals surface area contributed by atoms with Crippen molar-refractivity contribution in [1.82, 2.24) is 0 Å². The zero-order valence-corrected chi connectivity index (χ0v) is 6.68. The van der Waals surface area contributed by atoms with Crippen molar-refractivity contribution in [2.75, 3.05) is 0 Å². The van der Waals surface area contributed by atoms with E-state index in [1.807, 2.05) is 6.08 Å². The molecule has 0 aliphatic rings. The lowest BCUT2D eigenvalue weighted by Gasteiger charge is -1.93. The van der Waals surface area contributed by atoms with E-state index >= 15 is 0 Å². The van der Waals surface area contributed by atoms with Crippen LogP contribution in [0.3, 0.4) is 0 Å². The summed E-state index contributed by atoms with van der Waals surface area (Å²) < 4.78 is 0. The lowest BCUT2D eigenvalue weighted by molar-refractivity contribution is 0.653. The maximum atomic E-state index is 5.23. The molecule has 0 unspecified atom stereocenters. The molecule has 0 heterocycles. The Morgan fingerprint density at radius 2 is 1.60 bits per heavy atom. The monoisotopic (exact) mass is 137 g/mol. The van der Waals surface area contributed by atoms with E-state index in [0.717, 1.165) is 12.8 Å². The molecule has 0 atom stereocenters. The predicted octanol–water partition coefficient (Wildman–Crippen LogP) is 3.50. The third kappa shape index (κ3) is 7.39. The van der Waals surface area contributed by atoms with Gasteiger partial charge in [0.15, 0.2) is 6.08 Å². The summed E-state index contributed by atoms with van der Waals surface area (Å²) >= 11 is 0. The summed E-state index contributed by atoms with van der Waals surface area (Å²) in [5, 5.41) is 0. The van der Waals surface area contributed by atoms with E-state index in [2.05, 4.69) is 6.58 Å². The predicted molar refractivity (Wildman–Crippen MR) is 46.8 cm³/mol. The Labute approximate surface area is 64.6 Å². The van der Waals surface area contributed by atoms with E-state index < -0.39 is 0 Å². The Hall–Kier alpha value is -0.610. The summed E-state index contributed by atoms with van der Waals surface area (Å²) in [6.45, 7) is 8.90. The van der Waals surface area contributed by atoms with Crippen molar-refractivity contribution >= 4 is 0 Å². The molecule has 0 fully saturated rings. The molecule has 0 nitrogen and oxygen atoms in total.